The Bertz CT molecular complexity index is 577. The van der Waals surface area contributed by atoms with Crippen LogP contribution in [-0.2, 0) is 0 Å². The van der Waals surface area contributed by atoms with Crippen LogP contribution in [0.3, 0.4) is 0 Å². The Hall–Kier alpha value is -0.990. The number of benzene rings is 1. The van der Waals surface area contributed by atoms with E-state index in [0.29, 0.717) is 5.92 Å². The molecule has 2 aromatic rings. The van der Waals surface area contributed by atoms with Crippen molar-refractivity contribution in [1.82, 2.24) is 0 Å². The first-order valence-electron chi connectivity index (χ1n) is 7.12. The molecule has 1 fully saturated rings. The van der Waals surface area contributed by atoms with Crippen molar-refractivity contribution in [3.05, 3.63) is 35.0 Å². The molecule has 0 saturated heterocycles. The molecule has 0 radical (unpaired) electrons. The van der Waals surface area contributed by atoms with Crippen molar-refractivity contribution in [2.45, 2.75) is 38.6 Å². The zero-order chi connectivity index (χ0) is 13.4. The predicted molar refractivity (Wildman–Crippen MR) is 79.3 cm³/mol. The Balaban J connectivity index is 1.83. The van der Waals surface area contributed by atoms with Gasteiger partial charge in [-0.15, -0.1) is 0 Å². The van der Waals surface area contributed by atoms with Crippen LogP contribution in [0.5, 0.6) is 0 Å². The average molecular weight is 278 g/mol. The van der Waals surface area contributed by atoms with Gasteiger partial charge in [0.1, 0.15) is 11.3 Å². The molecule has 0 spiro atoms. The third kappa shape index (κ3) is 2.52. The second kappa shape index (κ2) is 5.18. The van der Waals surface area contributed by atoms with Crippen LogP contribution in [0, 0.1) is 11.8 Å². The van der Waals surface area contributed by atoms with Crippen LogP contribution in [-0.4, -0.2) is 0 Å². The number of rotatable bonds is 3. The van der Waals surface area contributed by atoms with Gasteiger partial charge in [-0.3, -0.25) is 0 Å². The van der Waals surface area contributed by atoms with E-state index in [-0.39, 0.29) is 6.04 Å². The number of halogens is 1. The van der Waals surface area contributed by atoms with Gasteiger partial charge in [0.2, 0.25) is 0 Å². The molecule has 1 aromatic carbocycles. The number of nitrogens with two attached hydrogens (primary N) is 1. The minimum Gasteiger partial charge on any atom is -0.459 e. The SMILES string of the molecule is CCC1CCC(C(N)c2cc3cc(Cl)ccc3o2)C1. The van der Waals surface area contributed by atoms with E-state index in [2.05, 4.69) is 6.92 Å². The summed E-state index contributed by atoms with van der Waals surface area (Å²) >= 11 is 6.00. The van der Waals surface area contributed by atoms with E-state index in [1.54, 1.807) is 0 Å². The molecule has 3 atom stereocenters. The second-order valence-electron chi connectivity index (χ2n) is 5.70. The van der Waals surface area contributed by atoms with Crippen molar-refractivity contribution < 1.29 is 4.42 Å². The Morgan fingerprint density at radius 3 is 2.95 bits per heavy atom. The van der Waals surface area contributed by atoms with Crippen LogP contribution in [0.4, 0.5) is 0 Å². The summed E-state index contributed by atoms with van der Waals surface area (Å²) in [5.74, 6) is 2.30. The number of hydrogen-bond acceptors (Lipinski definition) is 2. The second-order valence-corrected chi connectivity index (χ2v) is 6.14. The lowest BCUT2D eigenvalue weighted by atomic mass is 9.95. The van der Waals surface area contributed by atoms with Gasteiger partial charge in [-0.1, -0.05) is 31.4 Å². The van der Waals surface area contributed by atoms with Gasteiger partial charge in [-0.25, -0.2) is 0 Å². The molecule has 1 aliphatic carbocycles. The van der Waals surface area contributed by atoms with Crippen molar-refractivity contribution in [2.75, 3.05) is 0 Å². The van der Waals surface area contributed by atoms with E-state index >= 15 is 0 Å². The molecule has 1 aliphatic rings. The van der Waals surface area contributed by atoms with Crippen LogP contribution in [0.2, 0.25) is 5.02 Å². The van der Waals surface area contributed by atoms with Crippen molar-refractivity contribution in [3.63, 3.8) is 0 Å². The van der Waals surface area contributed by atoms with E-state index in [1.165, 1.54) is 25.7 Å². The van der Waals surface area contributed by atoms with Gasteiger partial charge in [-0.05, 0) is 48.9 Å². The summed E-state index contributed by atoms with van der Waals surface area (Å²) in [5.41, 5.74) is 7.27. The lowest BCUT2D eigenvalue weighted by Gasteiger charge is -2.16. The molecule has 1 heterocycles. The van der Waals surface area contributed by atoms with Gasteiger partial charge < -0.3 is 10.2 Å². The molecular weight excluding hydrogens is 258 g/mol. The number of hydrogen-bond donors (Lipinski definition) is 1. The number of fused-ring (bicyclic) bond motifs is 1. The highest BCUT2D eigenvalue weighted by molar-refractivity contribution is 6.31. The van der Waals surface area contributed by atoms with Gasteiger partial charge in [0.15, 0.2) is 0 Å². The predicted octanol–water partition coefficient (Wildman–Crippen LogP) is 4.91. The summed E-state index contributed by atoms with van der Waals surface area (Å²) in [4.78, 5) is 0. The minimum atomic E-state index is 0.0164. The third-order valence-electron chi connectivity index (χ3n) is 4.49. The summed E-state index contributed by atoms with van der Waals surface area (Å²) in [6.07, 6.45) is 5.02. The summed E-state index contributed by atoms with van der Waals surface area (Å²) in [5, 5.41) is 1.78. The van der Waals surface area contributed by atoms with E-state index < -0.39 is 0 Å². The molecule has 2 N–H and O–H groups in total. The van der Waals surface area contributed by atoms with Crippen LogP contribution in [0.1, 0.15) is 44.4 Å². The van der Waals surface area contributed by atoms with Gasteiger partial charge in [0.25, 0.3) is 0 Å². The first-order chi connectivity index (χ1) is 9.17. The molecule has 0 aliphatic heterocycles. The Morgan fingerprint density at radius 2 is 2.21 bits per heavy atom. The van der Waals surface area contributed by atoms with Gasteiger partial charge >= 0.3 is 0 Å². The van der Waals surface area contributed by atoms with Gasteiger partial charge in [-0.2, -0.15) is 0 Å². The Labute approximate surface area is 118 Å². The molecule has 3 heteroatoms. The van der Waals surface area contributed by atoms with E-state index in [1.807, 2.05) is 24.3 Å². The smallest absolute Gasteiger partial charge is 0.134 e. The maximum absolute atomic E-state index is 6.39. The highest BCUT2D eigenvalue weighted by Gasteiger charge is 2.30. The first-order valence-corrected chi connectivity index (χ1v) is 7.49. The third-order valence-corrected chi connectivity index (χ3v) is 4.73. The lowest BCUT2D eigenvalue weighted by Crippen LogP contribution is -2.18. The largest absolute Gasteiger partial charge is 0.459 e. The zero-order valence-corrected chi connectivity index (χ0v) is 12.0. The van der Waals surface area contributed by atoms with Crippen molar-refractivity contribution >= 4 is 22.6 Å². The molecule has 1 aromatic heterocycles. The van der Waals surface area contributed by atoms with E-state index in [0.717, 1.165) is 27.7 Å². The molecule has 3 rings (SSSR count). The summed E-state index contributed by atoms with van der Waals surface area (Å²) in [6.45, 7) is 2.27. The Morgan fingerprint density at radius 1 is 1.37 bits per heavy atom. The molecule has 19 heavy (non-hydrogen) atoms. The summed E-state index contributed by atoms with van der Waals surface area (Å²) in [7, 11) is 0. The molecule has 0 amide bonds. The van der Waals surface area contributed by atoms with E-state index in [9.17, 15) is 0 Å². The average Bonchev–Trinajstić information content (AvgIpc) is 3.03. The molecule has 0 bridgehead atoms. The number of furan rings is 1. The molecule has 2 nitrogen and oxygen atoms in total. The standard InChI is InChI=1S/C16H20ClNO/c1-2-10-3-4-11(7-10)16(18)15-9-12-8-13(17)5-6-14(12)19-15/h5-6,8-11,16H,2-4,7,18H2,1H3. The van der Waals surface area contributed by atoms with E-state index in [4.69, 9.17) is 21.8 Å². The maximum Gasteiger partial charge on any atom is 0.134 e. The molecule has 102 valence electrons. The summed E-state index contributed by atoms with van der Waals surface area (Å²) in [6, 6.07) is 7.76. The van der Waals surface area contributed by atoms with Crippen molar-refractivity contribution in [3.8, 4) is 0 Å². The van der Waals surface area contributed by atoms with Crippen LogP contribution in [0.25, 0.3) is 11.0 Å². The van der Waals surface area contributed by atoms with Crippen LogP contribution < -0.4 is 5.73 Å². The minimum absolute atomic E-state index is 0.0164. The fraction of sp³-hybridized carbons (Fsp3) is 0.500. The monoisotopic (exact) mass is 277 g/mol. The van der Waals surface area contributed by atoms with Crippen LogP contribution >= 0.6 is 11.6 Å². The molecule has 3 unspecified atom stereocenters. The summed E-state index contributed by atoms with van der Waals surface area (Å²) < 4.78 is 5.88. The topological polar surface area (TPSA) is 39.2 Å². The van der Waals surface area contributed by atoms with Gasteiger partial charge in [0, 0.05) is 10.4 Å². The Kier molecular flexibility index (Phi) is 3.55. The molecule has 1 saturated carbocycles. The highest BCUT2D eigenvalue weighted by Crippen LogP contribution is 2.40. The fourth-order valence-electron chi connectivity index (χ4n) is 3.24. The maximum atomic E-state index is 6.39. The zero-order valence-electron chi connectivity index (χ0n) is 11.2. The quantitative estimate of drug-likeness (QED) is 0.865. The van der Waals surface area contributed by atoms with Crippen LogP contribution in [0.15, 0.2) is 28.7 Å². The normalized spacial score (nSPS) is 25.0. The van der Waals surface area contributed by atoms with Gasteiger partial charge in [0.05, 0.1) is 6.04 Å². The lowest BCUT2D eigenvalue weighted by molar-refractivity contribution is 0.366. The molecular formula is C16H20ClNO. The van der Waals surface area contributed by atoms with Crippen molar-refractivity contribution in [1.29, 1.82) is 0 Å². The highest BCUT2D eigenvalue weighted by atomic mass is 35.5. The van der Waals surface area contributed by atoms with Crippen molar-refractivity contribution in [2.24, 2.45) is 17.6 Å². The first kappa shape index (κ1) is 13.0. The fourth-order valence-corrected chi connectivity index (χ4v) is 3.42.